The molecule has 0 aliphatic rings. The van der Waals surface area contributed by atoms with Crippen LogP contribution in [0, 0.1) is 0 Å². The molecule has 2 aromatic carbocycles. The zero-order chi connectivity index (χ0) is 17.8. The van der Waals surface area contributed by atoms with Crippen molar-refractivity contribution >= 4 is 63.8 Å². The molecule has 0 bridgehead atoms. The fourth-order valence-corrected chi connectivity index (χ4v) is 2.92. The summed E-state index contributed by atoms with van der Waals surface area (Å²) in [7, 11) is 0. The van der Waals surface area contributed by atoms with Crippen LogP contribution in [-0.4, -0.2) is 19.9 Å². The fraction of sp³-hybridized carbons (Fsp3) is 0.0625. The number of halogens is 3. The molecule has 2 N–H and O–H groups in total. The lowest BCUT2D eigenvalue weighted by Gasteiger charge is -2.08. The highest BCUT2D eigenvalue weighted by Gasteiger charge is 2.09. The summed E-state index contributed by atoms with van der Waals surface area (Å²) in [6.45, 7) is 0.407. The smallest absolute Gasteiger partial charge is 0.248 e. The first-order valence-corrected chi connectivity index (χ1v) is 8.71. The standard InChI is InChI=1S/C16H12Cl3N5S/c17-10-4-6-11(7-5-10)21-16(25)22-15-20-9-24(23-15)8-12-13(18)2-1-3-14(12)19/h1-7,9H,8H2,(H2,21,22,23,25). The maximum Gasteiger partial charge on any atom is 0.248 e. The van der Waals surface area contributed by atoms with Crippen molar-refractivity contribution in [1.82, 2.24) is 14.8 Å². The average molecular weight is 413 g/mol. The molecule has 3 aromatic rings. The van der Waals surface area contributed by atoms with Crippen LogP contribution in [0.5, 0.6) is 0 Å². The van der Waals surface area contributed by atoms with Gasteiger partial charge in [0.1, 0.15) is 6.33 Å². The molecule has 5 nitrogen and oxygen atoms in total. The summed E-state index contributed by atoms with van der Waals surface area (Å²) in [4.78, 5) is 4.17. The van der Waals surface area contributed by atoms with E-state index in [0.29, 0.717) is 32.7 Å². The Labute approximate surface area is 164 Å². The second kappa shape index (κ2) is 8.01. The van der Waals surface area contributed by atoms with Crippen LogP contribution in [0.1, 0.15) is 5.56 Å². The van der Waals surface area contributed by atoms with Gasteiger partial charge in [0.05, 0.1) is 6.54 Å². The van der Waals surface area contributed by atoms with Crippen molar-refractivity contribution in [3.05, 3.63) is 69.4 Å². The van der Waals surface area contributed by atoms with E-state index in [1.54, 1.807) is 41.3 Å². The van der Waals surface area contributed by atoms with Gasteiger partial charge in [-0.3, -0.25) is 5.32 Å². The third-order valence-electron chi connectivity index (χ3n) is 3.25. The number of nitrogens with zero attached hydrogens (tertiary/aromatic N) is 3. The predicted molar refractivity (Wildman–Crippen MR) is 107 cm³/mol. The van der Waals surface area contributed by atoms with Gasteiger partial charge < -0.3 is 5.32 Å². The van der Waals surface area contributed by atoms with Crippen molar-refractivity contribution in [1.29, 1.82) is 0 Å². The molecule has 1 heterocycles. The van der Waals surface area contributed by atoms with E-state index in [0.717, 1.165) is 11.3 Å². The number of hydrogen-bond donors (Lipinski definition) is 2. The molecule has 0 atom stereocenters. The Bertz CT molecular complexity index is 875. The molecule has 0 unspecified atom stereocenters. The van der Waals surface area contributed by atoms with Gasteiger partial charge in [-0.2, -0.15) is 0 Å². The number of anilines is 2. The first kappa shape index (κ1) is 17.9. The van der Waals surface area contributed by atoms with Crippen LogP contribution in [0.4, 0.5) is 11.6 Å². The molecule has 0 saturated carbocycles. The van der Waals surface area contributed by atoms with Crippen molar-refractivity contribution in [3.8, 4) is 0 Å². The molecule has 1 aromatic heterocycles. The molecule has 0 amide bonds. The minimum absolute atomic E-state index is 0.370. The first-order valence-electron chi connectivity index (χ1n) is 7.17. The summed E-state index contributed by atoms with van der Waals surface area (Å²) in [5.41, 5.74) is 1.59. The predicted octanol–water partition coefficient (Wildman–Crippen LogP) is 5.10. The Morgan fingerprint density at radius 3 is 2.36 bits per heavy atom. The van der Waals surface area contributed by atoms with Crippen LogP contribution in [0.3, 0.4) is 0 Å². The number of benzene rings is 2. The van der Waals surface area contributed by atoms with Gasteiger partial charge in [0.15, 0.2) is 5.11 Å². The average Bonchev–Trinajstić information content (AvgIpc) is 3.00. The molecule has 0 spiro atoms. The van der Waals surface area contributed by atoms with Crippen LogP contribution in [0.2, 0.25) is 15.1 Å². The minimum Gasteiger partial charge on any atom is -0.332 e. The Kier molecular flexibility index (Phi) is 5.75. The number of aromatic nitrogens is 3. The monoisotopic (exact) mass is 411 g/mol. The van der Waals surface area contributed by atoms with Crippen LogP contribution < -0.4 is 10.6 Å². The lowest BCUT2D eigenvalue weighted by atomic mass is 10.2. The van der Waals surface area contributed by atoms with Crippen LogP contribution in [0.25, 0.3) is 0 Å². The van der Waals surface area contributed by atoms with E-state index in [4.69, 9.17) is 47.0 Å². The number of nitrogens with one attached hydrogen (secondary N) is 2. The van der Waals surface area contributed by atoms with E-state index in [1.807, 2.05) is 12.1 Å². The highest BCUT2D eigenvalue weighted by molar-refractivity contribution is 7.80. The molecule has 128 valence electrons. The van der Waals surface area contributed by atoms with E-state index in [-0.39, 0.29) is 0 Å². The molecule has 0 saturated heterocycles. The third kappa shape index (κ3) is 4.83. The Morgan fingerprint density at radius 1 is 1.00 bits per heavy atom. The Hall–Kier alpha value is -1.86. The lowest BCUT2D eigenvalue weighted by molar-refractivity contribution is 0.687. The summed E-state index contributed by atoms with van der Waals surface area (Å²) in [5.74, 6) is 0.370. The molecule has 0 aliphatic heterocycles. The van der Waals surface area contributed by atoms with Gasteiger partial charge in [-0.25, -0.2) is 9.67 Å². The minimum atomic E-state index is 0.370. The number of thiocarbonyl (C=S) groups is 1. The first-order chi connectivity index (χ1) is 12.0. The van der Waals surface area contributed by atoms with Gasteiger partial charge in [-0.15, -0.1) is 5.10 Å². The Morgan fingerprint density at radius 2 is 1.68 bits per heavy atom. The van der Waals surface area contributed by atoms with Crippen LogP contribution in [0.15, 0.2) is 48.8 Å². The second-order valence-electron chi connectivity index (χ2n) is 5.05. The van der Waals surface area contributed by atoms with E-state index in [2.05, 4.69) is 20.7 Å². The zero-order valence-electron chi connectivity index (χ0n) is 12.7. The van der Waals surface area contributed by atoms with Gasteiger partial charge in [-0.05, 0) is 48.6 Å². The molecule has 0 fully saturated rings. The van der Waals surface area contributed by atoms with Gasteiger partial charge in [0.25, 0.3) is 0 Å². The fourth-order valence-electron chi connectivity index (χ4n) is 2.07. The highest BCUT2D eigenvalue weighted by atomic mass is 35.5. The number of rotatable bonds is 4. The maximum absolute atomic E-state index is 6.17. The summed E-state index contributed by atoms with van der Waals surface area (Å²) >= 11 is 23.4. The van der Waals surface area contributed by atoms with Gasteiger partial charge in [-0.1, -0.05) is 40.9 Å². The van der Waals surface area contributed by atoms with E-state index in [1.165, 1.54) is 0 Å². The molecular weight excluding hydrogens is 401 g/mol. The molecule has 0 radical (unpaired) electrons. The zero-order valence-corrected chi connectivity index (χ0v) is 15.8. The molecular formula is C16H12Cl3N5S. The Balaban J connectivity index is 1.63. The largest absolute Gasteiger partial charge is 0.332 e. The SMILES string of the molecule is S=C(Nc1ccc(Cl)cc1)Nc1ncn(Cc2c(Cl)cccc2Cl)n1. The molecule has 0 aliphatic carbocycles. The second-order valence-corrected chi connectivity index (χ2v) is 6.71. The van der Waals surface area contributed by atoms with Crippen molar-refractivity contribution in [2.24, 2.45) is 0 Å². The quantitative estimate of drug-likeness (QED) is 0.584. The summed E-state index contributed by atoms with van der Waals surface area (Å²) in [6.07, 6.45) is 1.58. The van der Waals surface area contributed by atoms with E-state index in [9.17, 15) is 0 Å². The van der Waals surface area contributed by atoms with Gasteiger partial charge in [0.2, 0.25) is 5.95 Å². The van der Waals surface area contributed by atoms with Gasteiger partial charge in [0, 0.05) is 26.3 Å². The molecule has 25 heavy (non-hydrogen) atoms. The van der Waals surface area contributed by atoms with Crippen molar-refractivity contribution in [2.75, 3.05) is 10.6 Å². The van der Waals surface area contributed by atoms with Crippen LogP contribution in [-0.2, 0) is 6.54 Å². The molecule has 3 rings (SSSR count). The van der Waals surface area contributed by atoms with E-state index >= 15 is 0 Å². The molecule has 9 heteroatoms. The maximum atomic E-state index is 6.17. The lowest BCUT2D eigenvalue weighted by Crippen LogP contribution is -2.20. The van der Waals surface area contributed by atoms with Crippen LogP contribution >= 0.6 is 47.0 Å². The highest BCUT2D eigenvalue weighted by Crippen LogP contribution is 2.24. The van der Waals surface area contributed by atoms with Crippen molar-refractivity contribution in [3.63, 3.8) is 0 Å². The van der Waals surface area contributed by atoms with Crippen molar-refractivity contribution in [2.45, 2.75) is 6.54 Å². The van der Waals surface area contributed by atoms with Gasteiger partial charge >= 0.3 is 0 Å². The summed E-state index contributed by atoms with van der Waals surface area (Å²) in [5, 5.41) is 12.4. The number of hydrogen-bond acceptors (Lipinski definition) is 3. The van der Waals surface area contributed by atoms with Crippen molar-refractivity contribution < 1.29 is 0 Å². The topological polar surface area (TPSA) is 54.8 Å². The van der Waals surface area contributed by atoms with E-state index < -0.39 is 0 Å². The third-order valence-corrected chi connectivity index (χ3v) is 4.41. The normalized spacial score (nSPS) is 10.5. The summed E-state index contributed by atoms with van der Waals surface area (Å²) < 4.78 is 1.63. The summed E-state index contributed by atoms with van der Waals surface area (Å²) in [6, 6.07) is 12.5.